The van der Waals surface area contributed by atoms with Crippen molar-refractivity contribution in [2.24, 2.45) is 0 Å². The summed E-state index contributed by atoms with van der Waals surface area (Å²) in [6, 6.07) is 19.1. The lowest BCUT2D eigenvalue weighted by Crippen LogP contribution is -2.14. The fourth-order valence-corrected chi connectivity index (χ4v) is 3.55. The van der Waals surface area contributed by atoms with Gasteiger partial charge in [0.05, 0.1) is 18.1 Å². The molecule has 0 atom stereocenters. The van der Waals surface area contributed by atoms with Crippen LogP contribution >= 0.6 is 11.3 Å². The van der Waals surface area contributed by atoms with E-state index in [2.05, 4.69) is 15.5 Å². The second-order valence-corrected chi connectivity index (χ2v) is 7.65. The van der Waals surface area contributed by atoms with Gasteiger partial charge in [-0.2, -0.15) is 0 Å². The van der Waals surface area contributed by atoms with Crippen LogP contribution in [0.4, 0.5) is 6.01 Å². The highest BCUT2D eigenvalue weighted by Gasteiger charge is 2.15. The molecule has 0 bridgehead atoms. The number of rotatable bonds is 9. The Morgan fingerprint density at radius 2 is 1.94 bits per heavy atom. The predicted octanol–water partition coefficient (Wildman–Crippen LogP) is 4.95. The number of ether oxygens (including phenoxy) is 2. The number of hydrogen-bond acceptors (Lipinski definition) is 7. The van der Waals surface area contributed by atoms with E-state index < -0.39 is 0 Å². The molecule has 0 spiro atoms. The Hall–Kier alpha value is -3.49. The number of thiophene rings is 1. The van der Waals surface area contributed by atoms with Crippen LogP contribution in [0.5, 0.6) is 5.75 Å². The second-order valence-electron chi connectivity index (χ2n) is 6.71. The molecule has 7 nitrogen and oxygen atoms in total. The maximum absolute atomic E-state index is 12.6. The molecule has 0 aliphatic carbocycles. The Labute approximate surface area is 183 Å². The van der Waals surface area contributed by atoms with Crippen molar-refractivity contribution < 1.29 is 18.7 Å². The average molecular weight is 436 g/mol. The Kier molecular flexibility index (Phi) is 6.71. The number of anilines is 1. The van der Waals surface area contributed by atoms with Gasteiger partial charge in [-0.1, -0.05) is 41.5 Å². The molecular formula is C23H21N3O4S. The lowest BCUT2D eigenvalue weighted by Gasteiger charge is -2.10. The lowest BCUT2D eigenvalue weighted by atomic mass is 10.1. The van der Waals surface area contributed by atoms with Crippen LogP contribution in [0.25, 0.3) is 10.8 Å². The number of amides is 1. The zero-order chi connectivity index (χ0) is 21.5. The van der Waals surface area contributed by atoms with E-state index in [1.54, 1.807) is 12.1 Å². The Bertz CT molecular complexity index is 1130. The van der Waals surface area contributed by atoms with Gasteiger partial charge in [0.15, 0.2) is 0 Å². The number of carbonyl (C=O) groups excluding carboxylic acids is 1. The third-order valence-electron chi connectivity index (χ3n) is 4.43. The van der Waals surface area contributed by atoms with Gasteiger partial charge in [-0.15, -0.1) is 16.4 Å². The number of hydrogen-bond donors (Lipinski definition) is 1. The number of nitrogens with zero attached hydrogens (tertiary/aromatic N) is 2. The molecule has 0 saturated carbocycles. The molecule has 0 unspecified atom stereocenters. The molecular weight excluding hydrogens is 414 g/mol. The maximum atomic E-state index is 12.6. The maximum Gasteiger partial charge on any atom is 0.322 e. The quantitative estimate of drug-likeness (QED) is 0.374. The Balaban J connectivity index is 1.27. The molecule has 0 radical (unpaired) electrons. The zero-order valence-corrected chi connectivity index (χ0v) is 17.7. The number of aryl methyl sites for hydroxylation is 1. The van der Waals surface area contributed by atoms with E-state index in [0.717, 1.165) is 16.0 Å². The van der Waals surface area contributed by atoms with Gasteiger partial charge in [0.25, 0.3) is 11.8 Å². The minimum absolute atomic E-state index is 0.0590. The molecule has 1 amide bonds. The van der Waals surface area contributed by atoms with Gasteiger partial charge < -0.3 is 13.9 Å². The van der Waals surface area contributed by atoms with E-state index in [4.69, 9.17) is 13.9 Å². The topological polar surface area (TPSA) is 86.5 Å². The summed E-state index contributed by atoms with van der Waals surface area (Å²) >= 11 is 1.49. The van der Waals surface area contributed by atoms with Crippen LogP contribution in [0.1, 0.15) is 21.5 Å². The van der Waals surface area contributed by atoms with Crippen molar-refractivity contribution >= 4 is 23.3 Å². The molecule has 0 aliphatic rings. The molecule has 158 valence electrons. The first-order valence-corrected chi connectivity index (χ1v) is 10.6. The average Bonchev–Trinajstić information content (AvgIpc) is 3.46. The van der Waals surface area contributed by atoms with E-state index in [-0.39, 0.29) is 11.9 Å². The van der Waals surface area contributed by atoms with Crippen molar-refractivity contribution in [3.05, 3.63) is 82.7 Å². The fourth-order valence-electron chi connectivity index (χ4n) is 2.90. The van der Waals surface area contributed by atoms with Crippen LogP contribution in [0.3, 0.4) is 0 Å². The van der Waals surface area contributed by atoms with Crippen LogP contribution in [0, 0.1) is 6.92 Å². The number of nitrogens with one attached hydrogen (secondary N) is 1. The molecule has 0 fully saturated rings. The van der Waals surface area contributed by atoms with Crippen molar-refractivity contribution in [3.63, 3.8) is 0 Å². The molecule has 0 aliphatic heterocycles. The molecule has 8 heteroatoms. The molecule has 4 aromatic rings. The lowest BCUT2D eigenvalue weighted by molar-refractivity contribution is 0.0889. The number of benzene rings is 2. The molecule has 2 aromatic carbocycles. The summed E-state index contributed by atoms with van der Waals surface area (Å²) in [7, 11) is 0. The van der Waals surface area contributed by atoms with Crippen LogP contribution in [-0.4, -0.2) is 29.3 Å². The standard InChI is InChI=1S/C23H21N3O4S/c1-16-14-18(29-12-11-28-15-17-6-3-2-4-7-17)9-10-19(16)21(27)24-23-26-25-22(30-23)20-8-5-13-31-20/h2-10,13-14H,11-12,15H2,1H3,(H,24,26,27). The van der Waals surface area contributed by atoms with Gasteiger partial charge in [0.2, 0.25) is 0 Å². The van der Waals surface area contributed by atoms with Gasteiger partial charge >= 0.3 is 6.01 Å². The van der Waals surface area contributed by atoms with Gasteiger partial charge in [0, 0.05) is 5.56 Å². The Morgan fingerprint density at radius 1 is 1.06 bits per heavy atom. The fraction of sp³-hybridized carbons (Fsp3) is 0.174. The third kappa shape index (κ3) is 5.56. The first-order chi connectivity index (χ1) is 15.2. The first kappa shape index (κ1) is 20.8. The zero-order valence-electron chi connectivity index (χ0n) is 16.9. The smallest absolute Gasteiger partial charge is 0.322 e. The molecule has 4 rings (SSSR count). The number of carbonyl (C=O) groups is 1. The van der Waals surface area contributed by atoms with Crippen molar-refractivity contribution in [3.8, 4) is 16.5 Å². The normalized spacial score (nSPS) is 10.7. The monoisotopic (exact) mass is 435 g/mol. The van der Waals surface area contributed by atoms with E-state index in [1.807, 2.05) is 60.8 Å². The molecule has 0 saturated heterocycles. The summed E-state index contributed by atoms with van der Waals surface area (Å²) in [6.45, 7) is 3.29. The summed E-state index contributed by atoms with van der Waals surface area (Å²) in [4.78, 5) is 13.4. The van der Waals surface area contributed by atoms with Crippen molar-refractivity contribution in [1.29, 1.82) is 0 Å². The SMILES string of the molecule is Cc1cc(OCCOCc2ccccc2)ccc1C(=O)Nc1nnc(-c2cccs2)o1. The highest BCUT2D eigenvalue weighted by atomic mass is 32.1. The van der Waals surface area contributed by atoms with Gasteiger partial charge in [-0.3, -0.25) is 10.1 Å². The first-order valence-electron chi connectivity index (χ1n) is 9.73. The van der Waals surface area contributed by atoms with E-state index in [1.165, 1.54) is 11.3 Å². The second kappa shape index (κ2) is 10.0. The summed E-state index contributed by atoms with van der Waals surface area (Å²) in [6.07, 6.45) is 0. The van der Waals surface area contributed by atoms with Crippen LogP contribution < -0.4 is 10.1 Å². The minimum Gasteiger partial charge on any atom is -0.491 e. The predicted molar refractivity (Wildman–Crippen MR) is 118 cm³/mol. The summed E-state index contributed by atoms with van der Waals surface area (Å²) in [5.41, 5.74) is 2.40. The van der Waals surface area contributed by atoms with E-state index in [0.29, 0.717) is 37.0 Å². The van der Waals surface area contributed by atoms with Crippen LogP contribution in [0.2, 0.25) is 0 Å². The van der Waals surface area contributed by atoms with E-state index in [9.17, 15) is 4.79 Å². The molecule has 2 aromatic heterocycles. The summed E-state index contributed by atoms with van der Waals surface area (Å²) in [5.74, 6) is 0.729. The highest BCUT2D eigenvalue weighted by Crippen LogP contribution is 2.25. The highest BCUT2D eigenvalue weighted by molar-refractivity contribution is 7.13. The molecule has 2 heterocycles. The minimum atomic E-state index is -0.323. The van der Waals surface area contributed by atoms with Gasteiger partial charge in [-0.25, -0.2) is 0 Å². The third-order valence-corrected chi connectivity index (χ3v) is 5.29. The summed E-state index contributed by atoms with van der Waals surface area (Å²) in [5, 5.41) is 12.4. The van der Waals surface area contributed by atoms with E-state index >= 15 is 0 Å². The van der Waals surface area contributed by atoms with Gasteiger partial charge in [-0.05, 0) is 47.7 Å². The Morgan fingerprint density at radius 3 is 2.71 bits per heavy atom. The van der Waals surface area contributed by atoms with Gasteiger partial charge in [0.1, 0.15) is 12.4 Å². The molecule has 1 N–H and O–H groups in total. The van der Waals surface area contributed by atoms with Crippen molar-refractivity contribution in [2.45, 2.75) is 13.5 Å². The van der Waals surface area contributed by atoms with Crippen LogP contribution in [-0.2, 0) is 11.3 Å². The summed E-state index contributed by atoms with van der Waals surface area (Å²) < 4.78 is 16.9. The van der Waals surface area contributed by atoms with Crippen molar-refractivity contribution in [1.82, 2.24) is 10.2 Å². The largest absolute Gasteiger partial charge is 0.491 e. The number of aromatic nitrogens is 2. The van der Waals surface area contributed by atoms with Crippen molar-refractivity contribution in [2.75, 3.05) is 18.5 Å². The van der Waals surface area contributed by atoms with Crippen LogP contribution in [0.15, 0.2) is 70.5 Å². The molecule has 31 heavy (non-hydrogen) atoms.